The molecule has 5 heteroatoms. The van der Waals surface area contributed by atoms with Gasteiger partial charge in [-0.25, -0.2) is 4.98 Å². The summed E-state index contributed by atoms with van der Waals surface area (Å²) in [4.78, 5) is 21.4. The van der Waals surface area contributed by atoms with Crippen LogP contribution in [-0.2, 0) is 6.54 Å². The Morgan fingerprint density at radius 3 is 2.70 bits per heavy atom. The van der Waals surface area contributed by atoms with E-state index in [0.717, 1.165) is 11.3 Å². The number of aliphatic imine (C=N–C) groups is 1. The molecular weight excluding hydrogens is 288 g/mol. The molecule has 5 nitrogen and oxygen atoms in total. The van der Waals surface area contributed by atoms with Crippen LogP contribution in [0.4, 0.5) is 11.4 Å². The first-order valence-corrected chi connectivity index (χ1v) is 7.30. The van der Waals surface area contributed by atoms with Gasteiger partial charge in [-0.2, -0.15) is 0 Å². The largest absolute Gasteiger partial charge is 0.399 e. The lowest BCUT2D eigenvalue weighted by Gasteiger charge is -2.04. The van der Waals surface area contributed by atoms with Gasteiger partial charge in [0.25, 0.3) is 0 Å². The van der Waals surface area contributed by atoms with Gasteiger partial charge in [-0.15, -0.1) is 0 Å². The van der Waals surface area contributed by atoms with Crippen LogP contribution in [0.2, 0.25) is 0 Å². The van der Waals surface area contributed by atoms with Gasteiger partial charge in [0, 0.05) is 17.4 Å². The number of carbonyl (C=O) groups is 1. The average molecular weight is 302 g/mol. The molecule has 3 aromatic rings. The SMILES string of the molecule is Nc1ccc(C(=O)c2cn3c(n2)C=Nc2ccccc2C3)cc1. The highest BCUT2D eigenvalue weighted by Gasteiger charge is 2.17. The second-order valence-electron chi connectivity index (χ2n) is 5.45. The lowest BCUT2D eigenvalue weighted by atomic mass is 10.1. The summed E-state index contributed by atoms with van der Waals surface area (Å²) >= 11 is 0. The van der Waals surface area contributed by atoms with E-state index in [4.69, 9.17) is 5.73 Å². The number of nitrogens with zero attached hydrogens (tertiary/aromatic N) is 3. The van der Waals surface area contributed by atoms with Gasteiger partial charge in [-0.3, -0.25) is 9.79 Å². The summed E-state index contributed by atoms with van der Waals surface area (Å²) in [7, 11) is 0. The highest BCUT2D eigenvalue weighted by atomic mass is 16.1. The van der Waals surface area contributed by atoms with E-state index in [2.05, 4.69) is 9.98 Å². The Hall–Kier alpha value is -3.21. The molecule has 0 fully saturated rings. The van der Waals surface area contributed by atoms with Gasteiger partial charge in [0.05, 0.1) is 18.4 Å². The number of aromatic nitrogens is 2. The molecule has 0 unspecified atom stereocenters. The smallest absolute Gasteiger partial charge is 0.212 e. The Balaban J connectivity index is 1.70. The number of anilines is 1. The number of rotatable bonds is 2. The molecule has 112 valence electrons. The number of nitrogens with two attached hydrogens (primary N) is 1. The number of carbonyl (C=O) groups excluding carboxylic acids is 1. The molecule has 1 aliphatic heterocycles. The van der Waals surface area contributed by atoms with Gasteiger partial charge in [0.2, 0.25) is 5.78 Å². The predicted molar refractivity (Wildman–Crippen MR) is 89.3 cm³/mol. The van der Waals surface area contributed by atoms with E-state index in [1.165, 1.54) is 0 Å². The van der Waals surface area contributed by atoms with E-state index in [1.807, 2.05) is 28.8 Å². The van der Waals surface area contributed by atoms with Crippen LogP contribution in [0.3, 0.4) is 0 Å². The van der Waals surface area contributed by atoms with Gasteiger partial charge in [-0.05, 0) is 35.9 Å². The fraction of sp³-hybridized carbons (Fsp3) is 0.0556. The number of hydrogen-bond donors (Lipinski definition) is 1. The standard InChI is InChI=1S/C18H14N4O/c19-14-7-5-12(6-8-14)18(23)16-11-22-10-13-3-1-2-4-15(13)20-9-17(22)21-16/h1-9,11H,10,19H2. The molecule has 2 aromatic carbocycles. The third-order valence-electron chi connectivity index (χ3n) is 3.86. The number of fused-ring (bicyclic) bond motifs is 2. The molecule has 0 radical (unpaired) electrons. The number of benzene rings is 2. The Labute approximate surface area is 133 Å². The first kappa shape index (κ1) is 13.5. The van der Waals surface area contributed by atoms with Crippen molar-refractivity contribution in [2.45, 2.75) is 6.54 Å². The molecule has 4 rings (SSSR count). The van der Waals surface area contributed by atoms with Gasteiger partial charge in [-0.1, -0.05) is 18.2 Å². The maximum atomic E-state index is 12.5. The van der Waals surface area contributed by atoms with Crippen molar-refractivity contribution in [3.8, 4) is 0 Å². The number of nitrogen functional groups attached to an aromatic ring is 1. The monoisotopic (exact) mass is 302 g/mol. The van der Waals surface area contributed by atoms with Crippen LogP contribution in [0.5, 0.6) is 0 Å². The van der Waals surface area contributed by atoms with Crippen molar-refractivity contribution in [2.24, 2.45) is 4.99 Å². The van der Waals surface area contributed by atoms with Crippen LogP contribution in [-0.4, -0.2) is 21.5 Å². The van der Waals surface area contributed by atoms with Gasteiger partial charge >= 0.3 is 0 Å². The average Bonchev–Trinajstić information content (AvgIpc) is 2.89. The van der Waals surface area contributed by atoms with E-state index in [-0.39, 0.29) is 5.78 Å². The third-order valence-corrected chi connectivity index (χ3v) is 3.86. The normalized spacial score (nSPS) is 12.3. The van der Waals surface area contributed by atoms with Crippen molar-refractivity contribution in [3.63, 3.8) is 0 Å². The van der Waals surface area contributed by atoms with E-state index >= 15 is 0 Å². The molecule has 0 bridgehead atoms. The number of imidazole rings is 1. The summed E-state index contributed by atoms with van der Waals surface area (Å²) in [6.07, 6.45) is 3.48. The predicted octanol–water partition coefficient (Wildman–Crippen LogP) is 2.81. The van der Waals surface area contributed by atoms with Gasteiger partial charge < -0.3 is 10.3 Å². The van der Waals surface area contributed by atoms with Crippen LogP contribution in [0.1, 0.15) is 27.4 Å². The fourth-order valence-electron chi connectivity index (χ4n) is 2.63. The molecule has 23 heavy (non-hydrogen) atoms. The quantitative estimate of drug-likeness (QED) is 0.457. The second kappa shape index (κ2) is 5.21. The highest BCUT2D eigenvalue weighted by molar-refractivity contribution is 6.08. The zero-order valence-corrected chi connectivity index (χ0v) is 12.3. The topological polar surface area (TPSA) is 73.3 Å². The molecular formula is C18H14N4O. The molecule has 0 atom stereocenters. The Morgan fingerprint density at radius 2 is 1.87 bits per heavy atom. The van der Waals surface area contributed by atoms with Crippen molar-refractivity contribution < 1.29 is 4.79 Å². The summed E-state index contributed by atoms with van der Waals surface area (Å²) in [6.45, 7) is 0.646. The van der Waals surface area contributed by atoms with Crippen molar-refractivity contribution in [3.05, 3.63) is 77.4 Å². The van der Waals surface area contributed by atoms with Crippen molar-refractivity contribution in [1.82, 2.24) is 9.55 Å². The van der Waals surface area contributed by atoms with Crippen molar-refractivity contribution in [1.29, 1.82) is 0 Å². The molecule has 0 amide bonds. The Morgan fingerprint density at radius 1 is 1.09 bits per heavy atom. The molecule has 0 aliphatic carbocycles. The summed E-state index contributed by atoms with van der Waals surface area (Å²) in [6, 6.07) is 14.8. The van der Waals surface area contributed by atoms with E-state index < -0.39 is 0 Å². The van der Waals surface area contributed by atoms with Gasteiger partial charge in [0.1, 0.15) is 5.69 Å². The fourth-order valence-corrected chi connectivity index (χ4v) is 2.63. The van der Waals surface area contributed by atoms with E-state index in [9.17, 15) is 4.79 Å². The van der Waals surface area contributed by atoms with E-state index in [0.29, 0.717) is 29.3 Å². The van der Waals surface area contributed by atoms with Crippen LogP contribution in [0.15, 0.2) is 59.7 Å². The van der Waals surface area contributed by atoms with Crippen LogP contribution in [0.25, 0.3) is 0 Å². The molecule has 2 N–H and O–H groups in total. The first-order valence-electron chi connectivity index (χ1n) is 7.30. The molecule has 0 saturated heterocycles. The molecule has 1 aliphatic rings. The minimum Gasteiger partial charge on any atom is -0.399 e. The number of ketones is 1. The highest BCUT2D eigenvalue weighted by Crippen LogP contribution is 2.23. The zero-order chi connectivity index (χ0) is 15.8. The zero-order valence-electron chi connectivity index (χ0n) is 12.3. The molecule has 0 saturated carbocycles. The van der Waals surface area contributed by atoms with Gasteiger partial charge in [0.15, 0.2) is 5.82 Å². The lowest BCUT2D eigenvalue weighted by Crippen LogP contribution is -2.02. The minimum atomic E-state index is -0.118. The summed E-state index contributed by atoms with van der Waals surface area (Å²) in [5.74, 6) is 0.562. The van der Waals surface area contributed by atoms with Crippen LogP contribution < -0.4 is 5.73 Å². The first-order chi connectivity index (χ1) is 11.2. The molecule has 0 spiro atoms. The molecule has 1 aromatic heterocycles. The summed E-state index contributed by atoms with van der Waals surface area (Å²) in [5, 5.41) is 0. The van der Waals surface area contributed by atoms with Crippen molar-refractivity contribution in [2.75, 3.05) is 5.73 Å². The van der Waals surface area contributed by atoms with Crippen molar-refractivity contribution >= 4 is 23.4 Å². The Bertz CT molecular complexity index is 922. The molecule has 2 heterocycles. The maximum Gasteiger partial charge on any atom is 0.212 e. The second-order valence-corrected chi connectivity index (χ2v) is 5.45. The van der Waals surface area contributed by atoms with Crippen LogP contribution in [0, 0.1) is 0 Å². The third kappa shape index (κ3) is 2.42. The summed E-state index contributed by atoms with van der Waals surface area (Å²) in [5.41, 5.74) is 9.31. The number of hydrogen-bond acceptors (Lipinski definition) is 4. The Kier molecular flexibility index (Phi) is 3.05. The minimum absolute atomic E-state index is 0.118. The van der Waals surface area contributed by atoms with Crippen LogP contribution >= 0.6 is 0 Å². The van der Waals surface area contributed by atoms with E-state index in [1.54, 1.807) is 36.7 Å². The lowest BCUT2D eigenvalue weighted by molar-refractivity contribution is 0.103. The number of para-hydroxylation sites is 1. The summed E-state index contributed by atoms with van der Waals surface area (Å²) < 4.78 is 1.94. The maximum absolute atomic E-state index is 12.5.